The van der Waals surface area contributed by atoms with Crippen LogP contribution in [-0.4, -0.2) is 25.2 Å². The SMILES string of the molecule is Cc1ccc(Cn2c(=O)c3c(nc4n3C[C@@H](C)CN4c3ccc(Br)cc3)n(C)c2=O)cc1. The highest BCUT2D eigenvalue weighted by atomic mass is 79.9. The molecule has 0 radical (unpaired) electrons. The molecular weight excluding hydrogens is 470 g/mol. The van der Waals surface area contributed by atoms with Gasteiger partial charge in [0, 0.05) is 30.3 Å². The topological polar surface area (TPSA) is 65.1 Å². The second-order valence-electron chi connectivity index (χ2n) is 8.61. The van der Waals surface area contributed by atoms with Gasteiger partial charge in [0.1, 0.15) is 0 Å². The molecule has 0 N–H and O–H groups in total. The van der Waals surface area contributed by atoms with Gasteiger partial charge in [-0.25, -0.2) is 4.79 Å². The summed E-state index contributed by atoms with van der Waals surface area (Å²) >= 11 is 3.49. The molecule has 0 amide bonds. The van der Waals surface area contributed by atoms with Crippen molar-refractivity contribution in [3.05, 3.63) is 85.0 Å². The van der Waals surface area contributed by atoms with E-state index in [0.29, 0.717) is 29.6 Å². The maximum Gasteiger partial charge on any atom is 0.332 e. The van der Waals surface area contributed by atoms with Crippen LogP contribution in [0.3, 0.4) is 0 Å². The summed E-state index contributed by atoms with van der Waals surface area (Å²) in [4.78, 5) is 33.6. The van der Waals surface area contributed by atoms with E-state index in [1.807, 2.05) is 60.0 Å². The second kappa shape index (κ2) is 7.78. The number of aryl methyl sites for hydroxylation is 2. The van der Waals surface area contributed by atoms with E-state index in [1.54, 1.807) is 7.05 Å². The van der Waals surface area contributed by atoms with Crippen molar-refractivity contribution < 1.29 is 0 Å². The molecule has 2 aromatic carbocycles. The molecule has 2 aromatic heterocycles. The van der Waals surface area contributed by atoms with Crippen LogP contribution in [0, 0.1) is 12.8 Å². The van der Waals surface area contributed by atoms with E-state index in [4.69, 9.17) is 4.98 Å². The number of fused-ring (bicyclic) bond motifs is 3. The second-order valence-corrected chi connectivity index (χ2v) is 9.52. The lowest BCUT2D eigenvalue weighted by atomic mass is 10.1. The third-order valence-corrected chi connectivity index (χ3v) is 6.57. The summed E-state index contributed by atoms with van der Waals surface area (Å²) < 4.78 is 5.77. The predicted molar refractivity (Wildman–Crippen MR) is 130 cm³/mol. The normalized spacial score (nSPS) is 15.9. The van der Waals surface area contributed by atoms with Crippen LogP contribution in [0.4, 0.5) is 11.6 Å². The highest BCUT2D eigenvalue weighted by Crippen LogP contribution is 2.33. The van der Waals surface area contributed by atoms with Gasteiger partial charge in [-0.05, 0) is 42.7 Å². The van der Waals surface area contributed by atoms with Gasteiger partial charge in [-0.1, -0.05) is 52.7 Å². The summed E-state index contributed by atoms with van der Waals surface area (Å²) in [6, 6.07) is 15.9. The van der Waals surface area contributed by atoms with Crippen molar-refractivity contribution >= 4 is 38.7 Å². The summed E-state index contributed by atoms with van der Waals surface area (Å²) in [5, 5.41) is 0. The highest BCUT2D eigenvalue weighted by Gasteiger charge is 2.29. The van der Waals surface area contributed by atoms with E-state index in [0.717, 1.165) is 27.8 Å². The molecule has 1 aliphatic heterocycles. The molecule has 1 atom stereocenters. The number of aromatic nitrogens is 4. The standard InChI is InChI=1S/C24H24BrN5O2/c1-15-4-6-17(7-5-15)14-30-22(31)20-21(27(3)24(30)32)26-23-28(12-16(2)13-29(20)23)19-10-8-18(25)9-11-19/h4-11,16H,12-14H2,1-3H3/t16-/m0/s1. The molecule has 8 heteroatoms. The lowest BCUT2D eigenvalue weighted by Gasteiger charge is -2.33. The third kappa shape index (κ3) is 3.39. The van der Waals surface area contributed by atoms with Gasteiger partial charge in [-0.15, -0.1) is 0 Å². The van der Waals surface area contributed by atoms with Gasteiger partial charge in [-0.3, -0.25) is 13.9 Å². The fraction of sp³-hybridized carbons (Fsp3) is 0.292. The Hall–Kier alpha value is -3.13. The van der Waals surface area contributed by atoms with Crippen LogP contribution in [0.5, 0.6) is 0 Å². The molecule has 1 aliphatic rings. The molecule has 4 aromatic rings. The van der Waals surface area contributed by atoms with E-state index in [2.05, 4.69) is 27.8 Å². The largest absolute Gasteiger partial charge is 0.332 e. The Bertz CT molecular complexity index is 1430. The molecule has 5 rings (SSSR count). The van der Waals surface area contributed by atoms with Crippen molar-refractivity contribution in [2.45, 2.75) is 26.9 Å². The molecule has 0 aliphatic carbocycles. The Morgan fingerprint density at radius 1 is 1.03 bits per heavy atom. The zero-order valence-corrected chi connectivity index (χ0v) is 19.8. The van der Waals surface area contributed by atoms with Crippen LogP contribution in [0.2, 0.25) is 0 Å². The Kier molecular flexibility index (Phi) is 5.04. The van der Waals surface area contributed by atoms with Crippen LogP contribution in [0.1, 0.15) is 18.1 Å². The summed E-state index contributed by atoms with van der Waals surface area (Å²) in [7, 11) is 1.68. The minimum atomic E-state index is -0.359. The van der Waals surface area contributed by atoms with E-state index >= 15 is 0 Å². The van der Waals surface area contributed by atoms with Gasteiger partial charge < -0.3 is 9.47 Å². The van der Waals surface area contributed by atoms with Gasteiger partial charge in [-0.2, -0.15) is 4.98 Å². The first-order chi connectivity index (χ1) is 15.3. The Morgan fingerprint density at radius 2 is 1.72 bits per heavy atom. The van der Waals surface area contributed by atoms with Gasteiger partial charge in [0.2, 0.25) is 5.95 Å². The van der Waals surface area contributed by atoms with E-state index < -0.39 is 0 Å². The van der Waals surface area contributed by atoms with Crippen LogP contribution in [0.15, 0.2) is 62.6 Å². The molecular formula is C24H24BrN5O2. The lowest BCUT2D eigenvalue weighted by Crippen LogP contribution is -2.40. The van der Waals surface area contributed by atoms with E-state index in [-0.39, 0.29) is 17.8 Å². The van der Waals surface area contributed by atoms with Gasteiger partial charge in [0.15, 0.2) is 11.2 Å². The van der Waals surface area contributed by atoms with Crippen molar-refractivity contribution in [2.75, 3.05) is 11.4 Å². The van der Waals surface area contributed by atoms with Crippen molar-refractivity contribution in [3.8, 4) is 0 Å². The van der Waals surface area contributed by atoms with Crippen LogP contribution >= 0.6 is 15.9 Å². The first-order valence-electron chi connectivity index (χ1n) is 10.6. The van der Waals surface area contributed by atoms with Gasteiger partial charge in [0.25, 0.3) is 5.56 Å². The third-order valence-electron chi connectivity index (χ3n) is 6.04. The summed E-state index contributed by atoms with van der Waals surface area (Å²) in [5.41, 5.74) is 3.29. The minimum absolute atomic E-state index is 0.230. The zero-order chi connectivity index (χ0) is 22.6. The predicted octanol–water partition coefficient (Wildman–Crippen LogP) is 3.80. The average molecular weight is 494 g/mol. The first kappa shape index (κ1) is 20.8. The molecule has 0 unspecified atom stereocenters. The van der Waals surface area contributed by atoms with Crippen molar-refractivity contribution in [1.29, 1.82) is 0 Å². The van der Waals surface area contributed by atoms with Gasteiger partial charge >= 0.3 is 5.69 Å². The van der Waals surface area contributed by atoms with E-state index in [9.17, 15) is 9.59 Å². The minimum Gasteiger partial charge on any atom is -0.312 e. The van der Waals surface area contributed by atoms with Gasteiger partial charge in [0.05, 0.1) is 6.54 Å². The van der Waals surface area contributed by atoms with Crippen LogP contribution < -0.4 is 16.1 Å². The smallest absolute Gasteiger partial charge is 0.312 e. The number of nitrogens with zero attached hydrogens (tertiary/aromatic N) is 5. The molecule has 0 saturated carbocycles. The Balaban J connectivity index is 1.70. The lowest BCUT2D eigenvalue weighted by molar-refractivity contribution is 0.458. The van der Waals surface area contributed by atoms with Crippen molar-refractivity contribution in [1.82, 2.24) is 18.7 Å². The molecule has 3 heterocycles. The number of anilines is 2. The Morgan fingerprint density at radius 3 is 2.41 bits per heavy atom. The number of hydrogen-bond acceptors (Lipinski definition) is 4. The Labute approximate surface area is 193 Å². The maximum absolute atomic E-state index is 13.6. The molecule has 0 spiro atoms. The molecule has 0 saturated heterocycles. The zero-order valence-electron chi connectivity index (χ0n) is 18.2. The van der Waals surface area contributed by atoms with Crippen molar-refractivity contribution in [3.63, 3.8) is 0 Å². The highest BCUT2D eigenvalue weighted by molar-refractivity contribution is 9.10. The number of halogens is 1. The summed E-state index contributed by atoms with van der Waals surface area (Å²) in [6.45, 7) is 5.87. The summed E-state index contributed by atoms with van der Waals surface area (Å²) in [6.07, 6.45) is 0. The first-order valence-corrected chi connectivity index (χ1v) is 11.4. The number of hydrogen-bond donors (Lipinski definition) is 0. The molecule has 0 bridgehead atoms. The molecule has 164 valence electrons. The van der Waals surface area contributed by atoms with Crippen LogP contribution in [0.25, 0.3) is 11.2 Å². The number of imidazole rings is 1. The molecule has 0 fully saturated rings. The monoisotopic (exact) mass is 493 g/mol. The number of benzene rings is 2. The number of rotatable bonds is 3. The maximum atomic E-state index is 13.6. The summed E-state index contributed by atoms with van der Waals surface area (Å²) in [5.74, 6) is 1.01. The molecule has 7 nitrogen and oxygen atoms in total. The average Bonchev–Trinajstić information content (AvgIpc) is 3.16. The fourth-order valence-corrected chi connectivity index (χ4v) is 4.62. The fourth-order valence-electron chi connectivity index (χ4n) is 4.36. The van der Waals surface area contributed by atoms with Crippen molar-refractivity contribution in [2.24, 2.45) is 13.0 Å². The van der Waals surface area contributed by atoms with E-state index in [1.165, 1.54) is 9.13 Å². The molecule has 32 heavy (non-hydrogen) atoms. The van der Waals surface area contributed by atoms with Crippen LogP contribution in [-0.2, 0) is 20.1 Å². The quantitative estimate of drug-likeness (QED) is 0.435.